The highest BCUT2D eigenvalue weighted by Crippen LogP contribution is 2.60. The summed E-state index contributed by atoms with van der Waals surface area (Å²) in [5.74, 6) is 2.84. The molecule has 4 aliphatic carbocycles. The Morgan fingerprint density at radius 1 is 0.923 bits per heavy atom. The molecule has 4 saturated carbocycles. The second-order valence-electron chi connectivity index (χ2n) is 8.74. The number of anilines is 1. The number of benzene rings is 2. The lowest BCUT2D eigenvalue weighted by molar-refractivity contribution is -0.00518. The number of amides is 1. The fourth-order valence-electron chi connectivity index (χ4n) is 6.20. The van der Waals surface area contributed by atoms with Crippen molar-refractivity contribution in [1.82, 2.24) is 0 Å². The van der Waals surface area contributed by atoms with Crippen LogP contribution in [-0.4, -0.2) is 5.91 Å². The van der Waals surface area contributed by atoms with Crippen molar-refractivity contribution in [3.8, 4) is 0 Å². The second kappa shape index (κ2) is 6.36. The minimum atomic E-state index is -0.0360. The normalized spacial score (nSPS) is 31.8. The summed E-state index contributed by atoms with van der Waals surface area (Å²) in [6.07, 6.45) is 8.57. The summed E-state index contributed by atoms with van der Waals surface area (Å²) in [4.78, 5) is 12.5. The Morgan fingerprint density at radius 2 is 1.54 bits per heavy atom. The quantitative estimate of drug-likeness (QED) is 0.562. The maximum atomic E-state index is 12.5. The Bertz CT molecular complexity index is 806. The molecule has 1 N–H and O–H groups in total. The summed E-state index contributed by atoms with van der Waals surface area (Å²) in [5.41, 5.74) is 3.53. The van der Waals surface area contributed by atoms with Crippen LogP contribution in [0.2, 0.25) is 0 Å². The number of nitrogens with one attached hydrogen (secondary N) is 1. The Balaban J connectivity index is 1.34. The van der Waals surface area contributed by atoms with Crippen LogP contribution in [0.5, 0.6) is 0 Å². The van der Waals surface area contributed by atoms with E-state index in [-0.39, 0.29) is 5.91 Å². The molecule has 6 rings (SSSR count). The first-order chi connectivity index (χ1) is 12.6. The summed E-state index contributed by atoms with van der Waals surface area (Å²) in [6, 6.07) is 16.4. The van der Waals surface area contributed by atoms with Gasteiger partial charge in [0.1, 0.15) is 0 Å². The van der Waals surface area contributed by atoms with E-state index in [0.29, 0.717) is 11.0 Å². The summed E-state index contributed by atoms with van der Waals surface area (Å²) in [7, 11) is 0. The summed E-state index contributed by atoms with van der Waals surface area (Å²) in [6.45, 7) is 0. The van der Waals surface area contributed by atoms with Gasteiger partial charge in [0.2, 0.25) is 0 Å². The van der Waals surface area contributed by atoms with Gasteiger partial charge in [-0.3, -0.25) is 4.79 Å². The van der Waals surface area contributed by atoms with Crippen molar-refractivity contribution in [2.45, 2.75) is 43.9 Å². The molecule has 0 radical (unpaired) electrons. The number of hydrogen-bond acceptors (Lipinski definition) is 1. The van der Waals surface area contributed by atoms with Crippen LogP contribution in [0.3, 0.4) is 0 Å². The van der Waals surface area contributed by atoms with Crippen molar-refractivity contribution in [3.63, 3.8) is 0 Å². The van der Waals surface area contributed by atoms with E-state index in [9.17, 15) is 4.79 Å². The molecule has 2 nitrogen and oxygen atoms in total. The molecule has 2 aromatic carbocycles. The van der Waals surface area contributed by atoms with E-state index in [1.807, 2.05) is 24.3 Å². The van der Waals surface area contributed by atoms with Crippen LogP contribution in [0.25, 0.3) is 0 Å². The van der Waals surface area contributed by atoms with Crippen LogP contribution in [0.15, 0.2) is 48.5 Å². The van der Waals surface area contributed by atoms with Crippen molar-refractivity contribution < 1.29 is 4.79 Å². The van der Waals surface area contributed by atoms with Crippen molar-refractivity contribution in [2.24, 2.45) is 17.8 Å². The monoisotopic (exact) mass is 457 g/mol. The first-order valence-electron chi connectivity index (χ1n) is 9.77. The zero-order valence-electron chi connectivity index (χ0n) is 14.9. The van der Waals surface area contributed by atoms with Crippen LogP contribution in [0.4, 0.5) is 5.69 Å². The Kier molecular flexibility index (Phi) is 4.11. The molecule has 4 fully saturated rings. The third kappa shape index (κ3) is 2.98. The zero-order chi connectivity index (χ0) is 17.7. The molecule has 3 heteroatoms. The van der Waals surface area contributed by atoms with E-state index in [2.05, 4.69) is 52.2 Å². The number of rotatable bonds is 3. The molecule has 0 atom stereocenters. The molecule has 0 saturated heterocycles. The van der Waals surface area contributed by atoms with Gasteiger partial charge in [-0.15, -0.1) is 0 Å². The van der Waals surface area contributed by atoms with Gasteiger partial charge in [-0.05, 0) is 120 Å². The maximum Gasteiger partial charge on any atom is 0.255 e. The fraction of sp³-hybridized carbons (Fsp3) is 0.435. The van der Waals surface area contributed by atoms with Gasteiger partial charge in [-0.25, -0.2) is 0 Å². The van der Waals surface area contributed by atoms with Gasteiger partial charge in [-0.2, -0.15) is 0 Å². The second-order valence-corrected chi connectivity index (χ2v) is 9.99. The van der Waals surface area contributed by atoms with E-state index < -0.39 is 0 Å². The van der Waals surface area contributed by atoms with Gasteiger partial charge in [0.05, 0.1) is 0 Å². The van der Waals surface area contributed by atoms with Crippen LogP contribution < -0.4 is 5.32 Å². The first-order valence-corrected chi connectivity index (χ1v) is 10.8. The molecule has 26 heavy (non-hydrogen) atoms. The molecule has 2 aromatic rings. The Labute approximate surface area is 168 Å². The summed E-state index contributed by atoms with van der Waals surface area (Å²) >= 11 is 2.24. The Morgan fingerprint density at radius 3 is 2.12 bits per heavy atom. The van der Waals surface area contributed by atoms with Crippen LogP contribution in [0, 0.1) is 21.3 Å². The lowest BCUT2D eigenvalue weighted by atomic mass is 9.48. The third-order valence-electron chi connectivity index (χ3n) is 6.88. The van der Waals surface area contributed by atoms with E-state index in [1.54, 1.807) is 0 Å². The molecule has 0 aliphatic heterocycles. The predicted molar refractivity (Wildman–Crippen MR) is 113 cm³/mol. The number of halogens is 1. The topological polar surface area (TPSA) is 29.1 Å². The average molecular weight is 457 g/mol. The molecule has 0 spiro atoms. The van der Waals surface area contributed by atoms with Crippen molar-refractivity contribution in [2.75, 3.05) is 5.32 Å². The molecule has 4 aliphatic rings. The van der Waals surface area contributed by atoms with Crippen LogP contribution >= 0.6 is 22.6 Å². The van der Waals surface area contributed by atoms with Crippen LogP contribution in [0.1, 0.15) is 54.4 Å². The van der Waals surface area contributed by atoms with Crippen molar-refractivity contribution in [3.05, 3.63) is 63.2 Å². The van der Waals surface area contributed by atoms with Crippen molar-refractivity contribution in [1.29, 1.82) is 0 Å². The largest absolute Gasteiger partial charge is 0.322 e. The average Bonchev–Trinajstić information content (AvgIpc) is 2.61. The third-order valence-corrected chi connectivity index (χ3v) is 7.55. The first kappa shape index (κ1) is 16.8. The highest BCUT2D eigenvalue weighted by Gasteiger charge is 2.51. The predicted octanol–water partition coefficient (Wildman–Crippen LogP) is 6.01. The standard InChI is InChI=1S/C23H24INO/c24-20-3-1-2-18(11-20)22(26)25-21-6-4-19(5-7-21)23-12-15-8-16(13-23)10-17(9-15)14-23/h1-7,11,15-17H,8-10,12-14H2,(H,25,26). The summed E-state index contributed by atoms with van der Waals surface area (Å²) < 4.78 is 1.08. The smallest absolute Gasteiger partial charge is 0.255 e. The van der Waals surface area contributed by atoms with E-state index in [0.717, 1.165) is 27.0 Å². The minimum absolute atomic E-state index is 0.0360. The van der Waals surface area contributed by atoms with Gasteiger partial charge in [-0.1, -0.05) is 18.2 Å². The van der Waals surface area contributed by atoms with Gasteiger partial charge in [0, 0.05) is 14.8 Å². The maximum absolute atomic E-state index is 12.5. The van der Waals surface area contributed by atoms with Crippen molar-refractivity contribution >= 4 is 34.2 Å². The van der Waals surface area contributed by atoms with E-state index >= 15 is 0 Å². The number of carbonyl (C=O) groups excluding carboxylic acids is 1. The molecular weight excluding hydrogens is 433 g/mol. The molecule has 4 bridgehead atoms. The SMILES string of the molecule is O=C(Nc1ccc(C23CC4CC(CC(C4)C2)C3)cc1)c1cccc(I)c1. The minimum Gasteiger partial charge on any atom is -0.322 e. The molecule has 0 aromatic heterocycles. The molecule has 0 heterocycles. The molecule has 1 amide bonds. The van der Waals surface area contributed by atoms with Crippen LogP contribution in [-0.2, 0) is 5.41 Å². The van der Waals surface area contributed by atoms with Gasteiger partial charge < -0.3 is 5.32 Å². The highest BCUT2D eigenvalue weighted by molar-refractivity contribution is 14.1. The number of carbonyl (C=O) groups is 1. The molecule has 134 valence electrons. The fourth-order valence-corrected chi connectivity index (χ4v) is 6.75. The summed E-state index contributed by atoms with van der Waals surface area (Å²) in [5, 5.41) is 3.04. The number of hydrogen-bond donors (Lipinski definition) is 1. The van der Waals surface area contributed by atoms with E-state index in [4.69, 9.17) is 0 Å². The van der Waals surface area contributed by atoms with Gasteiger partial charge >= 0.3 is 0 Å². The van der Waals surface area contributed by atoms with Gasteiger partial charge in [0.25, 0.3) is 5.91 Å². The molecular formula is C23H24INO. The van der Waals surface area contributed by atoms with E-state index in [1.165, 1.54) is 44.1 Å². The van der Waals surface area contributed by atoms with Gasteiger partial charge in [0.15, 0.2) is 0 Å². The lowest BCUT2D eigenvalue weighted by Gasteiger charge is -2.57. The zero-order valence-corrected chi connectivity index (χ0v) is 17.0. The Hall–Kier alpha value is -1.36. The molecule has 0 unspecified atom stereocenters. The lowest BCUT2D eigenvalue weighted by Crippen LogP contribution is -2.48. The highest BCUT2D eigenvalue weighted by atomic mass is 127.